The Morgan fingerprint density at radius 2 is 2.08 bits per heavy atom. The zero-order chi connectivity index (χ0) is 9.64. The highest BCUT2D eigenvalue weighted by Gasteiger charge is 2.55. The summed E-state index contributed by atoms with van der Waals surface area (Å²) in [5.41, 5.74) is 0. The summed E-state index contributed by atoms with van der Waals surface area (Å²) in [5, 5.41) is 0. The van der Waals surface area contributed by atoms with E-state index in [2.05, 4.69) is 0 Å². The zero-order valence-electron chi connectivity index (χ0n) is 7.35. The van der Waals surface area contributed by atoms with Crippen LogP contribution in [-0.4, -0.2) is 36.4 Å². The van der Waals surface area contributed by atoms with Crippen molar-refractivity contribution in [2.45, 2.75) is 37.9 Å². The lowest BCUT2D eigenvalue weighted by Gasteiger charge is -2.19. The summed E-state index contributed by atoms with van der Waals surface area (Å²) in [5.74, 6) is -1.33. The quantitative estimate of drug-likeness (QED) is 0.413. The summed E-state index contributed by atoms with van der Waals surface area (Å²) in [6.07, 6.45) is -1.59. The van der Waals surface area contributed by atoms with Crippen molar-refractivity contribution in [3.63, 3.8) is 0 Å². The first-order chi connectivity index (χ1) is 6.03. The molecule has 2 aliphatic rings. The average molecular weight is 186 g/mol. The lowest BCUT2D eigenvalue weighted by Crippen LogP contribution is -2.30. The molecule has 0 aromatic rings. The van der Waals surface area contributed by atoms with E-state index in [4.69, 9.17) is 14.2 Å². The second kappa shape index (κ2) is 2.52. The topological polar surface area (TPSA) is 61.8 Å². The van der Waals surface area contributed by atoms with Crippen molar-refractivity contribution in [3.05, 3.63) is 0 Å². The highest BCUT2D eigenvalue weighted by molar-refractivity contribution is 5.82. The summed E-state index contributed by atoms with van der Waals surface area (Å²) in [6.45, 7) is 3.39. The van der Waals surface area contributed by atoms with Crippen LogP contribution in [0.15, 0.2) is 0 Å². The number of hydrogen-bond donors (Lipinski definition) is 0. The van der Waals surface area contributed by atoms with Gasteiger partial charge in [-0.25, -0.2) is 4.79 Å². The molecule has 0 amide bonds. The van der Waals surface area contributed by atoms with Crippen molar-refractivity contribution in [3.8, 4) is 0 Å². The van der Waals surface area contributed by atoms with E-state index in [9.17, 15) is 9.59 Å². The fourth-order valence-electron chi connectivity index (χ4n) is 1.59. The largest absolute Gasteiger partial charge is 0.450 e. The maximum Gasteiger partial charge on any atom is 0.339 e. The molecule has 0 bridgehead atoms. The molecule has 0 spiro atoms. The SMILES string of the molecule is CC1(C)O[C@H]2[C@H](C=O)OC(=O)[C@H]2O1. The third kappa shape index (κ3) is 1.24. The molecule has 72 valence electrons. The van der Waals surface area contributed by atoms with Crippen molar-refractivity contribution in [1.82, 2.24) is 0 Å². The number of fused-ring (bicyclic) bond motifs is 1. The number of carbonyl (C=O) groups is 2. The fourth-order valence-corrected chi connectivity index (χ4v) is 1.59. The van der Waals surface area contributed by atoms with E-state index < -0.39 is 30.1 Å². The smallest absolute Gasteiger partial charge is 0.339 e. The number of carbonyl (C=O) groups excluding carboxylic acids is 2. The summed E-state index contributed by atoms with van der Waals surface area (Å²) < 4.78 is 15.3. The molecule has 2 fully saturated rings. The van der Waals surface area contributed by atoms with E-state index in [1.807, 2.05) is 0 Å². The van der Waals surface area contributed by atoms with E-state index in [0.29, 0.717) is 6.29 Å². The minimum Gasteiger partial charge on any atom is -0.450 e. The van der Waals surface area contributed by atoms with Gasteiger partial charge in [0.2, 0.25) is 0 Å². The first-order valence-corrected chi connectivity index (χ1v) is 4.05. The molecule has 2 rings (SSSR count). The van der Waals surface area contributed by atoms with Gasteiger partial charge in [-0.15, -0.1) is 0 Å². The van der Waals surface area contributed by atoms with Gasteiger partial charge in [0, 0.05) is 0 Å². The van der Waals surface area contributed by atoms with Crippen molar-refractivity contribution in [2.75, 3.05) is 0 Å². The van der Waals surface area contributed by atoms with Crippen molar-refractivity contribution < 1.29 is 23.8 Å². The Morgan fingerprint density at radius 1 is 1.38 bits per heavy atom. The Labute approximate surface area is 74.9 Å². The molecule has 5 heteroatoms. The second-order valence-electron chi connectivity index (χ2n) is 3.56. The van der Waals surface area contributed by atoms with Crippen LogP contribution in [0.5, 0.6) is 0 Å². The number of esters is 1. The van der Waals surface area contributed by atoms with Crippen LogP contribution in [0.3, 0.4) is 0 Å². The number of rotatable bonds is 1. The number of ether oxygens (including phenoxy) is 3. The van der Waals surface area contributed by atoms with Crippen LogP contribution < -0.4 is 0 Å². The minimum atomic E-state index is -0.820. The van der Waals surface area contributed by atoms with Gasteiger partial charge in [-0.2, -0.15) is 0 Å². The number of hydrogen-bond acceptors (Lipinski definition) is 5. The van der Waals surface area contributed by atoms with Gasteiger partial charge in [0.15, 0.2) is 24.3 Å². The molecule has 0 saturated carbocycles. The highest BCUT2D eigenvalue weighted by atomic mass is 16.8. The summed E-state index contributed by atoms with van der Waals surface area (Å²) in [7, 11) is 0. The van der Waals surface area contributed by atoms with E-state index in [0.717, 1.165) is 0 Å². The van der Waals surface area contributed by atoms with Gasteiger partial charge in [-0.05, 0) is 13.8 Å². The normalized spacial score (nSPS) is 41.4. The summed E-state index contributed by atoms with van der Waals surface area (Å²) in [4.78, 5) is 21.6. The molecule has 13 heavy (non-hydrogen) atoms. The predicted octanol–water partition coefficient (Wildman–Crippen LogP) is -0.369. The molecule has 0 aromatic carbocycles. The van der Waals surface area contributed by atoms with Crippen LogP contribution in [0.4, 0.5) is 0 Å². The van der Waals surface area contributed by atoms with E-state index >= 15 is 0 Å². The molecule has 5 nitrogen and oxygen atoms in total. The van der Waals surface area contributed by atoms with E-state index in [1.54, 1.807) is 13.8 Å². The Bertz CT molecular complexity index is 259. The van der Waals surface area contributed by atoms with Crippen LogP contribution in [0.1, 0.15) is 13.8 Å². The Kier molecular flexibility index (Phi) is 1.68. The lowest BCUT2D eigenvalue weighted by molar-refractivity contribution is -0.186. The first kappa shape index (κ1) is 8.65. The third-order valence-corrected chi connectivity index (χ3v) is 2.07. The van der Waals surface area contributed by atoms with Gasteiger partial charge in [0.05, 0.1) is 0 Å². The number of cyclic esters (lactones) is 1. The van der Waals surface area contributed by atoms with Crippen LogP contribution in [0.25, 0.3) is 0 Å². The Morgan fingerprint density at radius 3 is 2.69 bits per heavy atom. The monoisotopic (exact) mass is 186 g/mol. The minimum absolute atomic E-state index is 0.521. The Balaban J connectivity index is 2.22. The second-order valence-corrected chi connectivity index (χ2v) is 3.56. The average Bonchev–Trinajstić information content (AvgIpc) is 2.47. The molecule has 2 aliphatic heterocycles. The van der Waals surface area contributed by atoms with Crippen molar-refractivity contribution in [1.29, 1.82) is 0 Å². The highest BCUT2D eigenvalue weighted by Crippen LogP contribution is 2.35. The summed E-state index contributed by atoms with van der Waals surface area (Å²) >= 11 is 0. The van der Waals surface area contributed by atoms with Gasteiger partial charge in [0.1, 0.15) is 6.10 Å². The number of aldehydes is 1. The predicted molar refractivity (Wildman–Crippen MR) is 39.8 cm³/mol. The molecule has 0 aromatic heterocycles. The van der Waals surface area contributed by atoms with Gasteiger partial charge in [-0.1, -0.05) is 0 Å². The van der Waals surface area contributed by atoms with Crippen LogP contribution in [-0.2, 0) is 23.8 Å². The molecule has 0 N–H and O–H groups in total. The lowest BCUT2D eigenvalue weighted by atomic mass is 10.2. The first-order valence-electron chi connectivity index (χ1n) is 4.05. The molecule has 2 heterocycles. The molecule has 0 unspecified atom stereocenters. The van der Waals surface area contributed by atoms with Crippen molar-refractivity contribution >= 4 is 12.3 Å². The zero-order valence-corrected chi connectivity index (χ0v) is 7.35. The standard InChI is InChI=1S/C8H10O5/c1-8(2)12-5-4(3-9)11-7(10)6(5)13-8/h3-6H,1-2H3/t4-,5-,6-/m0/s1. The molecule has 3 atom stereocenters. The van der Waals surface area contributed by atoms with E-state index in [-0.39, 0.29) is 0 Å². The molecular weight excluding hydrogens is 176 g/mol. The molecule has 0 aliphatic carbocycles. The van der Waals surface area contributed by atoms with Crippen LogP contribution in [0, 0.1) is 0 Å². The maximum absolute atomic E-state index is 11.1. The third-order valence-electron chi connectivity index (χ3n) is 2.07. The molecular formula is C8H10O5. The van der Waals surface area contributed by atoms with Gasteiger partial charge in [0.25, 0.3) is 0 Å². The van der Waals surface area contributed by atoms with Gasteiger partial charge >= 0.3 is 5.97 Å². The van der Waals surface area contributed by atoms with Gasteiger partial charge in [-0.3, -0.25) is 4.79 Å². The van der Waals surface area contributed by atoms with Crippen LogP contribution >= 0.6 is 0 Å². The molecule has 0 radical (unpaired) electrons. The van der Waals surface area contributed by atoms with Crippen LogP contribution in [0.2, 0.25) is 0 Å². The Hall–Kier alpha value is -0.940. The maximum atomic E-state index is 11.1. The van der Waals surface area contributed by atoms with E-state index in [1.165, 1.54) is 0 Å². The molecule has 2 saturated heterocycles. The van der Waals surface area contributed by atoms with Gasteiger partial charge < -0.3 is 14.2 Å². The summed E-state index contributed by atoms with van der Waals surface area (Å²) in [6, 6.07) is 0. The fraction of sp³-hybridized carbons (Fsp3) is 0.750. The van der Waals surface area contributed by atoms with Crippen molar-refractivity contribution in [2.24, 2.45) is 0 Å².